The molecule has 1 aliphatic heterocycles. The number of sulfonamides is 1. The lowest BCUT2D eigenvalue weighted by Crippen LogP contribution is -2.47. The Kier molecular flexibility index (Phi) is 7.22. The third kappa shape index (κ3) is 5.02. The molecule has 132 valence electrons. The number of nitrogens with two attached hydrogens (primary N) is 1. The van der Waals surface area contributed by atoms with Gasteiger partial charge < -0.3 is 15.8 Å². The molecule has 4 N–H and O–H groups in total. The Hall–Kier alpha value is -0.930. The molecule has 1 aliphatic rings. The Morgan fingerprint density at radius 1 is 1.43 bits per heavy atom. The predicted molar refractivity (Wildman–Crippen MR) is 92.2 cm³/mol. The fraction of sp³-hybridized carbons (Fsp3) is 0.643. The van der Waals surface area contributed by atoms with Crippen LogP contribution in [0.1, 0.15) is 18.4 Å². The summed E-state index contributed by atoms with van der Waals surface area (Å²) in [6, 6.07) is 1.54. The van der Waals surface area contributed by atoms with E-state index in [0.717, 1.165) is 31.5 Å². The van der Waals surface area contributed by atoms with E-state index in [1.807, 2.05) is 0 Å². The SMILES string of the molecule is COCC1(CNS(=O)(=O)c2cc(C)cnc2N)CCNCC1.Cl. The quantitative estimate of drug-likeness (QED) is 0.685. The molecular formula is C14H25ClN4O3S. The van der Waals surface area contributed by atoms with Crippen LogP contribution in [0, 0.1) is 12.3 Å². The van der Waals surface area contributed by atoms with Gasteiger partial charge in [0.2, 0.25) is 10.0 Å². The second kappa shape index (κ2) is 8.25. The molecule has 0 aliphatic carbocycles. The van der Waals surface area contributed by atoms with Gasteiger partial charge in [0.1, 0.15) is 10.7 Å². The van der Waals surface area contributed by atoms with Crippen LogP contribution in [-0.4, -0.2) is 46.8 Å². The minimum Gasteiger partial charge on any atom is -0.384 e. The van der Waals surface area contributed by atoms with Crippen molar-refractivity contribution in [3.05, 3.63) is 17.8 Å². The van der Waals surface area contributed by atoms with E-state index < -0.39 is 10.0 Å². The molecule has 0 aromatic carbocycles. The first-order chi connectivity index (χ1) is 10.4. The van der Waals surface area contributed by atoms with Gasteiger partial charge in [-0.3, -0.25) is 0 Å². The van der Waals surface area contributed by atoms with Crippen molar-refractivity contribution in [2.24, 2.45) is 5.41 Å². The fourth-order valence-electron chi connectivity index (χ4n) is 2.73. The van der Waals surface area contributed by atoms with Gasteiger partial charge in [-0.05, 0) is 44.5 Å². The number of pyridine rings is 1. The van der Waals surface area contributed by atoms with Gasteiger partial charge in [0.15, 0.2) is 0 Å². The first-order valence-electron chi connectivity index (χ1n) is 7.30. The number of anilines is 1. The highest BCUT2D eigenvalue weighted by Gasteiger charge is 2.34. The first-order valence-corrected chi connectivity index (χ1v) is 8.78. The minimum atomic E-state index is -3.68. The smallest absolute Gasteiger partial charge is 0.244 e. The van der Waals surface area contributed by atoms with Gasteiger partial charge in [0.25, 0.3) is 0 Å². The molecule has 0 bridgehead atoms. The summed E-state index contributed by atoms with van der Waals surface area (Å²) in [6.07, 6.45) is 3.28. The fourth-order valence-corrected chi connectivity index (χ4v) is 4.05. The molecule has 0 radical (unpaired) electrons. The summed E-state index contributed by atoms with van der Waals surface area (Å²) < 4.78 is 33.0. The van der Waals surface area contributed by atoms with Crippen LogP contribution in [0.4, 0.5) is 5.82 Å². The average molecular weight is 365 g/mol. The molecule has 7 nitrogen and oxygen atoms in total. The van der Waals surface area contributed by atoms with Crippen LogP contribution in [0.15, 0.2) is 17.2 Å². The Labute approximate surface area is 143 Å². The number of aromatic nitrogens is 1. The number of piperidine rings is 1. The monoisotopic (exact) mass is 364 g/mol. The van der Waals surface area contributed by atoms with E-state index in [0.29, 0.717) is 13.2 Å². The Morgan fingerprint density at radius 3 is 2.70 bits per heavy atom. The summed E-state index contributed by atoms with van der Waals surface area (Å²) >= 11 is 0. The van der Waals surface area contributed by atoms with Crippen molar-refractivity contribution in [3.63, 3.8) is 0 Å². The van der Waals surface area contributed by atoms with E-state index >= 15 is 0 Å². The van der Waals surface area contributed by atoms with Gasteiger partial charge >= 0.3 is 0 Å². The molecule has 0 unspecified atom stereocenters. The molecule has 0 spiro atoms. The van der Waals surface area contributed by atoms with E-state index in [-0.39, 0.29) is 28.5 Å². The van der Waals surface area contributed by atoms with Crippen molar-refractivity contribution in [2.75, 3.05) is 39.1 Å². The van der Waals surface area contributed by atoms with E-state index in [2.05, 4.69) is 15.0 Å². The van der Waals surface area contributed by atoms with Crippen molar-refractivity contribution in [2.45, 2.75) is 24.7 Å². The summed E-state index contributed by atoms with van der Waals surface area (Å²) in [5, 5.41) is 3.28. The standard InChI is InChI=1S/C14H24N4O3S.ClH/c1-11-7-12(13(15)17-8-11)22(19,20)18-9-14(10-21-2)3-5-16-6-4-14;/h7-8,16,18H,3-6,9-10H2,1-2H3,(H2,15,17);1H. The molecule has 23 heavy (non-hydrogen) atoms. The molecular weight excluding hydrogens is 340 g/mol. The van der Waals surface area contributed by atoms with E-state index in [1.165, 1.54) is 6.07 Å². The number of rotatable bonds is 6. The van der Waals surface area contributed by atoms with Gasteiger partial charge in [0, 0.05) is 25.3 Å². The number of methoxy groups -OCH3 is 1. The van der Waals surface area contributed by atoms with Crippen molar-refractivity contribution < 1.29 is 13.2 Å². The molecule has 0 saturated carbocycles. The third-order valence-corrected chi connectivity index (χ3v) is 5.49. The summed E-state index contributed by atoms with van der Waals surface area (Å²) in [7, 11) is -2.04. The second-order valence-corrected chi connectivity index (χ2v) is 7.64. The third-order valence-electron chi connectivity index (χ3n) is 4.06. The first kappa shape index (κ1) is 20.1. The van der Waals surface area contributed by atoms with Crippen LogP contribution in [0.25, 0.3) is 0 Å². The van der Waals surface area contributed by atoms with E-state index in [1.54, 1.807) is 20.2 Å². The van der Waals surface area contributed by atoms with Crippen molar-refractivity contribution in [1.29, 1.82) is 0 Å². The summed E-state index contributed by atoms with van der Waals surface area (Å²) in [5.41, 5.74) is 6.28. The second-order valence-electron chi connectivity index (χ2n) is 5.90. The highest BCUT2D eigenvalue weighted by atomic mass is 35.5. The van der Waals surface area contributed by atoms with Crippen molar-refractivity contribution in [3.8, 4) is 0 Å². The molecule has 9 heteroatoms. The molecule has 1 aromatic heterocycles. The number of nitrogens with one attached hydrogen (secondary N) is 2. The maximum atomic E-state index is 12.5. The van der Waals surface area contributed by atoms with Gasteiger partial charge in [-0.2, -0.15) is 0 Å². The van der Waals surface area contributed by atoms with Crippen LogP contribution in [0.3, 0.4) is 0 Å². The summed E-state index contributed by atoms with van der Waals surface area (Å²) in [5.74, 6) is 0.0178. The number of nitrogen functional groups attached to an aromatic ring is 1. The van der Waals surface area contributed by atoms with Gasteiger partial charge in [-0.15, -0.1) is 12.4 Å². The van der Waals surface area contributed by atoms with Crippen LogP contribution >= 0.6 is 12.4 Å². The number of nitrogens with zero attached hydrogens (tertiary/aromatic N) is 1. The van der Waals surface area contributed by atoms with Gasteiger partial charge in [0.05, 0.1) is 6.61 Å². The highest BCUT2D eigenvalue weighted by Crippen LogP contribution is 2.29. The Balaban J connectivity index is 0.00000264. The molecule has 1 fully saturated rings. The molecule has 0 atom stereocenters. The normalized spacial score (nSPS) is 17.5. The molecule has 1 saturated heterocycles. The van der Waals surface area contributed by atoms with Gasteiger partial charge in [-0.1, -0.05) is 0 Å². The Bertz CT molecular complexity index is 613. The summed E-state index contributed by atoms with van der Waals surface area (Å²) in [6.45, 7) is 4.36. The Morgan fingerprint density at radius 2 is 2.09 bits per heavy atom. The van der Waals surface area contributed by atoms with Crippen LogP contribution in [-0.2, 0) is 14.8 Å². The maximum Gasteiger partial charge on any atom is 0.244 e. The molecule has 0 amide bonds. The molecule has 2 rings (SSSR count). The lowest BCUT2D eigenvalue weighted by molar-refractivity contribution is 0.0577. The lowest BCUT2D eigenvalue weighted by atomic mass is 9.80. The van der Waals surface area contributed by atoms with Crippen LogP contribution in [0.2, 0.25) is 0 Å². The summed E-state index contributed by atoms with van der Waals surface area (Å²) in [4.78, 5) is 3.95. The number of hydrogen-bond acceptors (Lipinski definition) is 6. The predicted octanol–water partition coefficient (Wildman–Crippen LogP) is 0.689. The largest absolute Gasteiger partial charge is 0.384 e. The zero-order valence-electron chi connectivity index (χ0n) is 13.5. The lowest BCUT2D eigenvalue weighted by Gasteiger charge is -2.37. The van der Waals surface area contributed by atoms with Crippen LogP contribution < -0.4 is 15.8 Å². The number of ether oxygens (including phenoxy) is 1. The van der Waals surface area contributed by atoms with Gasteiger partial charge in [-0.25, -0.2) is 18.1 Å². The van der Waals surface area contributed by atoms with Crippen molar-refractivity contribution >= 4 is 28.2 Å². The van der Waals surface area contributed by atoms with E-state index in [4.69, 9.17) is 10.5 Å². The zero-order valence-corrected chi connectivity index (χ0v) is 15.1. The maximum absolute atomic E-state index is 12.5. The minimum absolute atomic E-state index is 0. The van der Waals surface area contributed by atoms with Crippen molar-refractivity contribution in [1.82, 2.24) is 15.0 Å². The van der Waals surface area contributed by atoms with Crippen LogP contribution in [0.5, 0.6) is 0 Å². The number of halogens is 1. The molecule has 1 aromatic rings. The zero-order chi connectivity index (χ0) is 16.2. The number of hydrogen-bond donors (Lipinski definition) is 3. The molecule has 2 heterocycles. The van der Waals surface area contributed by atoms with E-state index in [9.17, 15) is 8.42 Å². The topological polar surface area (TPSA) is 106 Å². The highest BCUT2D eigenvalue weighted by molar-refractivity contribution is 7.89. The number of aryl methyl sites for hydroxylation is 1. The average Bonchev–Trinajstić information content (AvgIpc) is 2.49.